The minimum atomic E-state index is -0.387. The van der Waals surface area contributed by atoms with Crippen molar-refractivity contribution in [3.8, 4) is 17.1 Å². The van der Waals surface area contributed by atoms with Crippen LogP contribution in [-0.2, 0) is 14.3 Å². The normalized spacial score (nSPS) is 10.7. The number of halogens is 2. The van der Waals surface area contributed by atoms with Crippen molar-refractivity contribution < 1.29 is 23.1 Å². The van der Waals surface area contributed by atoms with Crippen molar-refractivity contribution in [3.05, 3.63) is 60.2 Å². The molecule has 0 radical (unpaired) electrons. The van der Waals surface area contributed by atoms with Gasteiger partial charge in [0.15, 0.2) is 11.0 Å². The smallest absolute Gasteiger partial charge is 0.305 e. The molecule has 1 amide bonds. The summed E-state index contributed by atoms with van der Waals surface area (Å²) < 4.78 is 33.3. The van der Waals surface area contributed by atoms with Gasteiger partial charge in [-0.3, -0.25) is 14.2 Å². The van der Waals surface area contributed by atoms with Crippen LogP contribution in [-0.4, -0.2) is 45.5 Å². The Morgan fingerprint density at radius 1 is 1.03 bits per heavy atom. The van der Waals surface area contributed by atoms with E-state index in [1.807, 2.05) is 0 Å². The molecule has 0 bridgehead atoms. The van der Waals surface area contributed by atoms with E-state index < -0.39 is 0 Å². The Morgan fingerprint density at radius 2 is 1.69 bits per heavy atom. The fourth-order valence-electron chi connectivity index (χ4n) is 2.85. The first-order valence-corrected chi connectivity index (χ1v) is 11.0. The lowest BCUT2D eigenvalue weighted by atomic mass is 10.2. The molecule has 1 aromatic heterocycles. The average molecular weight is 461 g/mol. The van der Waals surface area contributed by atoms with Gasteiger partial charge in [-0.25, -0.2) is 8.78 Å². The number of esters is 1. The number of rotatable bonds is 10. The number of carbonyl (C=O) groups is 2. The van der Waals surface area contributed by atoms with Crippen LogP contribution in [0.1, 0.15) is 19.8 Å². The van der Waals surface area contributed by atoms with Crippen LogP contribution in [0.3, 0.4) is 0 Å². The van der Waals surface area contributed by atoms with Crippen LogP contribution in [0.2, 0.25) is 0 Å². The lowest BCUT2D eigenvalue weighted by Gasteiger charge is -2.10. The van der Waals surface area contributed by atoms with Gasteiger partial charge in [-0.05, 0) is 61.9 Å². The third kappa shape index (κ3) is 6.36. The van der Waals surface area contributed by atoms with Crippen LogP contribution in [0.5, 0.6) is 0 Å². The SMILES string of the molecule is CCOC(=O)CCCNC(=O)CSc1nnc(-c2ccc(F)cc2)n1-c1ccc(F)cc1. The molecule has 1 N–H and O–H groups in total. The third-order valence-corrected chi connectivity index (χ3v) is 5.27. The summed E-state index contributed by atoms with van der Waals surface area (Å²) in [4.78, 5) is 23.5. The third-order valence-electron chi connectivity index (χ3n) is 4.34. The summed E-state index contributed by atoms with van der Waals surface area (Å²) in [6.45, 7) is 2.42. The van der Waals surface area contributed by atoms with Gasteiger partial charge >= 0.3 is 5.97 Å². The Hall–Kier alpha value is -3.27. The maximum atomic E-state index is 13.4. The van der Waals surface area contributed by atoms with Gasteiger partial charge in [-0.15, -0.1) is 10.2 Å². The van der Waals surface area contributed by atoms with Crippen molar-refractivity contribution in [1.29, 1.82) is 0 Å². The second-order valence-corrected chi connectivity index (χ2v) is 7.61. The van der Waals surface area contributed by atoms with Crippen LogP contribution in [0.4, 0.5) is 8.78 Å². The highest BCUT2D eigenvalue weighted by molar-refractivity contribution is 7.99. The lowest BCUT2D eigenvalue weighted by Crippen LogP contribution is -2.26. The molecule has 0 saturated carbocycles. The molecule has 0 saturated heterocycles. The lowest BCUT2D eigenvalue weighted by molar-refractivity contribution is -0.143. The highest BCUT2D eigenvalue weighted by Crippen LogP contribution is 2.28. The van der Waals surface area contributed by atoms with E-state index in [2.05, 4.69) is 15.5 Å². The minimum absolute atomic E-state index is 0.0716. The molecule has 3 rings (SSSR count). The summed E-state index contributed by atoms with van der Waals surface area (Å²) in [6, 6.07) is 11.6. The number of amides is 1. The Morgan fingerprint density at radius 3 is 2.34 bits per heavy atom. The first-order chi connectivity index (χ1) is 15.5. The summed E-state index contributed by atoms with van der Waals surface area (Å²) in [5.41, 5.74) is 1.23. The molecule has 10 heteroatoms. The number of hydrogen-bond acceptors (Lipinski definition) is 6. The van der Waals surface area contributed by atoms with Crippen LogP contribution in [0.25, 0.3) is 17.1 Å². The van der Waals surface area contributed by atoms with E-state index in [4.69, 9.17) is 4.74 Å². The topological polar surface area (TPSA) is 86.1 Å². The first kappa shape index (κ1) is 23.4. The van der Waals surface area contributed by atoms with Gasteiger partial charge in [0, 0.05) is 24.2 Å². The first-order valence-electron chi connectivity index (χ1n) is 10.0. The van der Waals surface area contributed by atoms with E-state index in [1.54, 1.807) is 35.8 Å². The number of nitrogens with zero attached hydrogens (tertiary/aromatic N) is 3. The molecular weight excluding hydrogens is 438 g/mol. The molecule has 0 aliphatic rings. The molecule has 7 nitrogen and oxygen atoms in total. The second-order valence-electron chi connectivity index (χ2n) is 6.67. The molecule has 0 aliphatic carbocycles. The van der Waals surface area contributed by atoms with Crippen molar-refractivity contribution in [1.82, 2.24) is 20.1 Å². The number of benzene rings is 2. The summed E-state index contributed by atoms with van der Waals surface area (Å²) in [5, 5.41) is 11.5. The van der Waals surface area contributed by atoms with E-state index in [-0.39, 0.29) is 35.7 Å². The Kier molecular flexibility index (Phi) is 8.32. The highest BCUT2D eigenvalue weighted by Gasteiger charge is 2.17. The Labute approximate surface area is 188 Å². The van der Waals surface area contributed by atoms with E-state index in [1.165, 1.54) is 24.3 Å². The van der Waals surface area contributed by atoms with Crippen molar-refractivity contribution in [2.45, 2.75) is 24.9 Å². The maximum Gasteiger partial charge on any atom is 0.305 e. The standard InChI is InChI=1S/C22H22F2N4O3S/c1-2-31-20(30)4-3-13-25-19(29)14-32-22-27-26-21(15-5-7-16(23)8-6-15)28(22)18-11-9-17(24)10-12-18/h5-12H,2-4,13-14H2,1H3,(H,25,29). The Bertz CT molecular complexity index is 1060. The molecule has 0 aliphatic heterocycles. The van der Waals surface area contributed by atoms with Gasteiger partial charge in [0.25, 0.3) is 0 Å². The monoisotopic (exact) mass is 460 g/mol. The van der Waals surface area contributed by atoms with E-state index in [9.17, 15) is 18.4 Å². The molecular formula is C22H22F2N4O3S. The Balaban J connectivity index is 1.69. The van der Waals surface area contributed by atoms with E-state index >= 15 is 0 Å². The van der Waals surface area contributed by atoms with Crippen molar-refractivity contribution in [2.24, 2.45) is 0 Å². The van der Waals surface area contributed by atoms with Crippen LogP contribution in [0, 0.1) is 11.6 Å². The van der Waals surface area contributed by atoms with E-state index in [0.29, 0.717) is 41.8 Å². The molecule has 2 aromatic carbocycles. The number of aromatic nitrogens is 3. The number of ether oxygens (including phenoxy) is 1. The van der Waals surface area contributed by atoms with Crippen LogP contribution >= 0.6 is 11.8 Å². The second kappa shape index (κ2) is 11.4. The average Bonchev–Trinajstić information content (AvgIpc) is 3.20. The summed E-state index contributed by atoms with van der Waals surface area (Å²) in [6.07, 6.45) is 0.719. The molecule has 32 heavy (non-hydrogen) atoms. The molecule has 168 valence electrons. The predicted octanol–water partition coefficient (Wildman–Crippen LogP) is 3.76. The van der Waals surface area contributed by atoms with Crippen molar-refractivity contribution in [2.75, 3.05) is 18.9 Å². The predicted molar refractivity (Wildman–Crippen MR) is 116 cm³/mol. The molecule has 1 heterocycles. The zero-order valence-corrected chi connectivity index (χ0v) is 18.2. The van der Waals surface area contributed by atoms with Crippen molar-refractivity contribution >= 4 is 23.6 Å². The molecule has 0 spiro atoms. The van der Waals surface area contributed by atoms with Gasteiger partial charge in [0.2, 0.25) is 5.91 Å². The maximum absolute atomic E-state index is 13.4. The minimum Gasteiger partial charge on any atom is -0.466 e. The van der Waals surface area contributed by atoms with Gasteiger partial charge in [0.1, 0.15) is 11.6 Å². The zero-order valence-electron chi connectivity index (χ0n) is 17.4. The van der Waals surface area contributed by atoms with Gasteiger partial charge in [-0.2, -0.15) is 0 Å². The number of carbonyl (C=O) groups excluding carboxylic acids is 2. The van der Waals surface area contributed by atoms with Gasteiger partial charge < -0.3 is 10.1 Å². The van der Waals surface area contributed by atoms with Crippen LogP contribution < -0.4 is 5.32 Å². The number of thioether (sulfide) groups is 1. The van der Waals surface area contributed by atoms with Gasteiger partial charge in [-0.1, -0.05) is 11.8 Å². The molecule has 0 unspecified atom stereocenters. The number of nitrogens with one attached hydrogen (secondary N) is 1. The van der Waals surface area contributed by atoms with Gasteiger partial charge in [0.05, 0.1) is 12.4 Å². The van der Waals surface area contributed by atoms with Crippen LogP contribution in [0.15, 0.2) is 53.7 Å². The van der Waals surface area contributed by atoms with Crippen molar-refractivity contribution in [3.63, 3.8) is 0 Å². The molecule has 0 fully saturated rings. The summed E-state index contributed by atoms with van der Waals surface area (Å²) in [5.74, 6) is -0.777. The fraction of sp³-hybridized carbons (Fsp3) is 0.273. The number of hydrogen-bond donors (Lipinski definition) is 1. The fourth-order valence-corrected chi connectivity index (χ4v) is 3.63. The quantitative estimate of drug-likeness (QED) is 0.282. The molecule has 0 atom stereocenters. The summed E-state index contributed by atoms with van der Waals surface area (Å²) in [7, 11) is 0. The zero-order chi connectivity index (χ0) is 22.9. The largest absolute Gasteiger partial charge is 0.466 e. The van der Waals surface area contributed by atoms with E-state index in [0.717, 1.165) is 11.8 Å². The summed E-state index contributed by atoms with van der Waals surface area (Å²) >= 11 is 1.16. The molecule has 3 aromatic rings. The highest BCUT2D eigenvalue weighted by atomic mass is 32.2.